The van der Waals surface area contributed by atoms with Crippen molar-refractivity contribution in [3.63, 3.8) is 0 Å². The first kappa shape index (κ1) is 16.7. The van der Waals surface area contributed by atoms with Gasteiger partial charge in [-0.25, -0.2) is 0 Å². The summed E-state index contributed by atoms with van der Waals surface area (Å²) in [6.45, 7) is 4.13. The van der Waals surface area contributed by atoms with Gasteiger partial charge in [0.2, 0.25) is 0 Å². The van der Waals surface area contributed by atoms with Crippen LogP contribution in [-0.4, -0.2) is 41.7 Å². The zero-order chi connectivity index (χ0) is 14.7. The molecular formula is C13H24F3NO2. The van der Waals surface area contributed by atoms with E-state index in [1.165, 1.54) is 0 Å². The van der Waals surface area contributed by atoms with Gasteiger partial charge in [-0.05, 0) is 46.5 Å². The van der Waals surface area contributed by atoms with Crippen LogP contribution < -0.4 is 5.32 Å². The normalized spacial score (nSPS) is 27.3. The van der Waals surface area contributed by atoms with Crippen molar-refractivity contribution in [2.75, 3.05) is 6.61 Å². The number of hydrogen-bond acceptors (Lipinski definition) is 3. The number of ether oxygens (including phenoxy) is 1. The Bertz CT molecular complexity index is 276. The van der Waals surface area contributed by atoms with Gasteiger partial charge in [-0.3, -0.25) is 0 Å². The van der Waals surface area contributed by atoms with Crippen molar-refractivity contribution in [1.29, 1.82) is 0 Å². The third-order valence-electron chi connectivity index (χ3n) is 3.65. The molecule has 0 aliphatic heterocycles. The molecule has 0 amide bonds. The molecule has 3 unspecified atom stereocenters. The summed E-state index contributed by atoms with van der Waals surface area (Å²) in [6, 6.07) is -0.00715. The number of aliphatic hydroxyl groups is 1. The summed E-state index contributed by atoms with van der Waals surface area (Å²) in [6.07, 6.45) is -1.62. The maximum atomic E-state index is 12.1. The summed E-state index contributed by atoms with van der Waals surface area (Å²) < 4.78 is 41.2. The molecule has 114 valence electrons. The molecule has 0 radical (unpaired) electrons. The van der Waals surface area contributed by atoms with Crippen LogP contribution in [0.15, 0.2) is 0 Å². The molecule has 6 heteroatoms. The molecule has 0 aromatic carbocycles. The average Bonchev–Trinajstić information content (AvgIpc) is 2.25. The van der Waals surface area contributed by atoms with Gasteiger partial charge in [0.25, 0.3) is 0 Å². The second kappa shape index (κ2) is 6.41. The molecule has 0 saturated heterocycles. The van der Waals surface area contributed by atoms with Gasteiger partial charge >= 0.3 is 6.18 Å². The van der Waals surface area contributed by atoms with Crippen LogP contribution in [0, 0.1) is 0 Å². The van der Waals surface area contributed by atoms with Gasteiger partial charge in [0.1, 0.15) is 6.61 Å². The number of rotatable bonds is 5. The fourth-order valence-electron chi connectivity index (χ4n) is 2.22. The largest absolute Gasteiger partial charge is 0.411 e. The summed E-state index contributed by atoms with van der Waals surface area (Å²) in [5, 5.41) is 13.1. The SMILES string of the molecule is CC(NC1CCCC(OCC(F)(F)F)C1)C(C)(C)O. The van der Waals surface area contributed by atoms with Gasteiger partial charge in [-0.1, -0.05) is 0 Å². The number of nitrogens with one attached hydrogen (secondary N) is 1. The van der Waals surface area contributed by atoms with Crippen molar-refractivity contribution in [3.05, 3.63) is 0 Å². The third-order valence-corrected chi connectivity index (χ3v) is 3.65. The summed E-state index contributed by atoms with van der Waals surface area (Å²) in [4.78, 5) is 0. The molecule has 2 N–H and O–H groups in total. The molecule has 1 saturated carbocycles. The molecule has 19 heavy (non-hydrogen) atoms. The Labute approximate surface area is 112 Å². The van der Waals surface area contributed by atoms with Crippen LogP contribution in [0.1, 0.15) is 46.5 Å². The summed E-state index contributed by atoms with van der Waals surface area (Å²) in [7, 11) is 0. The Hall–Kier alpha value is -0.330. The molecule has 3 atom stereocenters. The van der Waals surface area contributed by atoms with E-state index >= 15 is 0 Å². The molecule has 0 heterocycles. The van der Waals surface area contributed by atoms with E-state index in [0.29, 0.717) is 12.8 Å². The minimum atomic E-state index is -4.26. The van der Waals surface area contributed by atoms with E-state index in [1.54, 1.807) is 13.8 Å². The lowest BCUT2D eigenvalue weighted by molar-refractivity contribution is -0.188. The van der Waals surface area contributed by atoms with Crippen molar-refractivity contribution in [1.82, 2.24) is 5.32 Å². The monoisotopic (exact) mass is 283 g/mol. The first-order valence-electron chi connectivity index (χ1n) is 6.74. The molecule has 0 aromatic heterocycles. The zero-order valence-corrected chi connectivity index (χ0v) is 11.8. The lowest BCUT2D eigenvalue weighted by Gasteiger charge is -2.35. The highest BCUT2D eigenvalue weighted by Crippen LogP contribution is 2.25. The Kier molecular flexibility index (Phi) is 5.65. The van der Waals surface area contributed by atoms with Crippen molar-refractivity contribution in [2.45, 2.75) is 76.4 Å². The molecule has 0 bridgehead atoms. The van der Waals surface area contributed by atoms with Crippen molar-refractivity contribution in [2.24, 2.45) is 0 Å². The predicted molar refractivity (Wildman–Crippen MR) is 66.9 cm³/mol. The van der Waals surface area contributed by atoms with E-state index in [2.05, 4.69) is 5.32 Å². The van der Waals surface area contributed by atoms with E-state index in [-0.39, 0.29) is 18.2 Å². The van der Waals surface area contributed by atoms with E-state index < -0.39 is 18.4 Å². The van der Waals surface area contributed by atoms with Crippen LogP contribution in [0.3, 0.4) is 0 Å². The maximum absolute atomic E-state index is 12.1. The summed E-state index contributed by atoms with van der Waals surface area (Å²) >= 11 is 0. The number of alkyl halides is 3. The average molecular weight is 283 g/mol. The Morgan fingerprint density at radius 1 is 1.32 bits per heavy atom. The van der Waals surface area contributed by atoms with Gasteiger partial charge in [-0.15, -0.1) is 0 Å². The Balaban J connectivity index is 2.38. The lowest BCUT2D eigenvalue weighted by atomic mass is 9.90. The van der Waals surface area contributed by atoms with E-state index in [1.807, 2.05) is 6.92 Å². The molecule has 1 aliphatic carbocycles. The predicted octanol–water partition coefficient (Wildman–Crippen LogP) is 2.63. The van der Waals surface area contributed by atoms with E-state index in [9.17, 15) is 18.3 Å². The van der Waals surface area contributed by atoms with Gasteiger partial charge < -0.3 is 15.2 Å². The second-order valence-electron chi connectivity index (χ2n) is 5.95. The summed E-state index contributed by atoms with van der Waals surface area (Å²) in [5.74, 6) is 0. The van der Waals surface area contributed by atoms with Gasteiger partial charge in [-0.2, -0.15) is 13.2 Å². The van der Waals surface area contributed by atoms with Crippen LogP contribution >= 0.6 is 0 Å². The van der Waals surface area contributed by atoms with Gasteiger partial charge in [0.05, 0.1) is 11.7 Å². The first-order valence-corrected chi connectivity index (χ1v) is 6.74. The zero-order valence-electron chi connectivity index (χ0n) is 11.8. The second-order valence-corrected chi connectivity index (χ2v) is 5.95. The van der Waals surface area contributed by atoms with E-state index in [0.717, 1.165) is 12.8 Å². The van der Waals surface area contributed by atoms with Crippen LogP contribution in [0.4, 0.5) is 13.2 Å². The highest BCUT2D eigenvalue weighted by atomic mass is 19.4. The molecule has 0 aromatic rings. The minimum Gasteiger partial charge on any atom is -0.389 e. The molecule has 3 nitrogen and oxygen atoms in total. The standard InChI is InChI=1S/C13H24F3NO2/c1-9(12(2,3)18)17-10-5-4-6-11(7-10)19-8-13(14,15)16/h9-11,17-18H,4-8H2,1-3H3. The quantitative estimate of drug-likeness (QED) is 0.815. The Morgan fingerprint density at radius 3 is 2.47 bits per heavy atom. The first-order chi connectivity index (χ1) is 8.58. The fourth-order valence-corrected chi connectivity index (χ4v) is 2.22. The minimum absolute atomic E-state index is 0.105. The topological polar surface area (TPSA) is 41.5 Å². The lowest BCUT2D eigenvalue weighted by Crippen LogP contribution is -2.50. The van der Waals surface area contributed by atoms with Crippen LogP contribution in [0.2, 0.25) is 0 Å². The van der Waals surface area contributed by atoms with Crippen LogP contribution in [0.5, 0.6) is 0 Å². The molecular weight excluding hydrogens is 259 g/mol. The molecule has 0 spiro atoms. The van der Waals surface area contributed by atoms with Crippen LogP contribution in [0.25, 0.3) is 0 Å². The fraction of sp³-hybridized carbons (Fsp3) is 1.00. The highest BCUT2D eigenvalue weighted by molar-refractivity contribution is 4.86. The maximum Gasteiger partial charge on any atom is 0.411 e. The summed E-state index contributed by atoms with van der Waals surface area (Å²) in [5.41, 5.74) is -0.847. The van der Waals surface area contributed by atoms with E-state index in [4.69, 9.17) is 4.74 Å². The Morgan fingerprint density at radius 2 is 1.95 bits per heavy atom. The van der Waals surface area contributed by atoms with Crippen LogP contribution in [-0.2, 0) is 4.74 Å². The molecule has 1 aliphatic rings. The van der Waals surface area contributed by atoms with Gasteiger partial charge in [0, 0.05) is 12.1 Å². The van der Waals surface area contributed by atoms with Gasteiger partial charge in [0.15, 0.2) is 0 Å². The smallest absolute Gasteiger partial charge is 0.389 e. The molecule has 1 rings (SSSR count). The highest BCUT2D eigenvalue weighted by Gasteiger charge is 2.32. The molecule has 1 fully saturated rings. The van der Waals surface area contributed by atoms with Crippen molar-refractivity contribution < 1.29 is 23.0 Å². The van der Waals surface area contributed by atoms with Crippen molar-refractivity contribution >= 4 is 0 Å². The van der Waals surface area contributed by atoms with Crippen molar-refractivity contribution in [3.8, 4) is 0 Å². The third kappa shape index (κ3) is 6.58. The number of halogens is 3. The number of hydrogen-bond donors (Lipinski definition) is 2.